The van der Waals surface area contributed by atoms with Gasteiger partial charge in [0.15, 0.2) is 5.78 Å². The summed E-state index contributed by atoms with van der Waals surface area (Å²) < 4.78 is 52.7. The summed E-state index contributed by atoms with van der Waals surface area (Å²) in [5.41, 5.74) is -0.956. The van der Waals surface area contributed by atoms with Gasteiger partial charge in [-0.1, -0.05) is 18.2 Å². The smallest absolute Gasteiger partial charge is 0.343 e. The molecule has 1 amide bonds. The molecule has 4 rings (SSSR count). The Bertz CT molecular complexity index is 963. The highest BCUT2D eigenvalue weighted by molar-refractivity contribution is 6.17. The third-order valence-electron chi connectivity index (χ3n) is 5.67. The predicted molar refractivity (Wildman–Crippen MR) is 93.9 cm³/mol. The first-order valence-electron chi connectivity index (χ1n) is 8.94. The van der Waals surface area contributed by atoms with Crippen molar-refractivity contribution < 1.29 is 27.2 Å². The van der Waals surface area contributed by atoms with Crippen molar-refractivity contribution in [1.82, 2.24) is 5.32 Å². The van der Waals surface area contributed by atoms with E-state index < -0.39 is 34.9 Å². The largest absolute Gasteiger partial charge is 0.416 e. The van der Waals surface area contributed by atoms with Crippen LogP contribution in [0.5, 0.6) is 0 Å². The monoisotopic (exact) mass is 391 g/mol. The Morgan fingerprint density at radius 3 is 2.18 bits per heavy atom. The van der Waals surface area contributed by atoms with Crippen molar-refractivity contribution in [3.8, 4) is 11.1 Å². The van der Waals surface area contributed by atoms with Crippen LogP contribution in [-0.2, 0) is 15.8 Å². The average Bonchev–Trinajstić information content (AvgIpc) is 3.45. The van der Waals surface area contributed by atoms with E-state index in [4.69, 9.17) is 0 Å². The Kier molecular flexibility index (Phi) is 4.10. The van der Waals surface area contributed by atoms with Gasteiger partial charge >= 0.3 is 6.18 Å². The van der Waals surface area contributed by atoms with Crippen LogP contribution in [0.1, 0.15) is 36.8 Å². The summed E-state index contributed by atoms with van der Waals surface area (Å²) in [6.07, 6.45) is -2.78. The van der Waals surface area contributed by atoms with Gasteiger partial charge in [0.1, 0.15) is 11.7 Å². The lowest BCUT2D eigenvalue weighted by Gasteiger charge is -2.21. The molecule has 0 spiro atoms. The molecule has 3 nitrogen and oxygen atoms in total. The van der Waals surface area contributed by atoms with Crippen LogP contribution in [0, 0.1) is 11.7 Å². The Labute approximate surface area is 158 Å². The highest BCUT2D eigenvalue weighted by Crippen LogP contribution is 2.46. The Hall–Kier alpha value is -2.70. The van der Waals surface area contributed by atoms with E-state index in [1.165, 1.54) is 24.3 Å². The fraction of sp³-hybridized carbons (Fsp3) is 0.333. The zero-order valence-electron chi connectivity index (χ0n) is 14.9. The molecule has 2 unspecified atom stereocenters. The predicted octanol–water partition coefficient (Wildman–Crippen LogP) is 4.46. The highest BCUT2D eigenvalue weighted by Gasteiger charge is 2.57. The quantitative estimate of drug-likeness (QED) is 0.620. The van der Waals surface area contributed by atoms with Gasteiger partial charge in [-0.15, -0.1) is 0 Å². The van der Waals surface area contributed by atoms with Gasteiger partial charge in [0, 0.05) is 5.56 Å². The second-order valence-electron chi connectivity index (χ2n) is 7.57. The number of nitrogens with one attached hydrogen (secondary N) is 1. The van der Waals surface area contributed by atoms with E-state index in [0.29, 0.717) is 11.1 Å². The number of alkyl halides is 3. The third kappa shape index (κ3) is 2.99. The van der Waals surface area contributed by atoms with Crippen LogP contribution in [-0.4, -0.2) is 17.2 Å². The van der Waals surface area contributed by atoms with Crippen molar-refractivity contribution in [3.05, 3.63) is 59.4 Å². The van der Waals surface area contributed by atoms with Gasteiger partial charge < -0.3 is 5.32 Å². The molecule has 28 heavy (non-hydrogen) atoms. The zero-order chi connectivity index (χ0) is 20.3. The summed E-state index contributed by atoms with van der Waals surface area (Å²) in [4.78, 5) is 25.4. The molecule has 146 valence electrons. The van der Waals surface area contributed by atoms with Crippen LogP contribution >= 0.6 is 0 Å². The summed E-state index contributed by atoms with van der Waals surface area (Å²) >= 11 is 0. The SMILES string of the molecule is CC1(C2CC2)NC(=O)C(c2cc(-c3ccc(C(F)(F)F)cc3)ccc2F)C1=O. The number of ketones is 1. The molecule has 1 aliphatic heterocycles. The van der Waals surface area contributed by atoms with Gasteiger partial charge in [0.25, 0.3) is 0 Å². The molecule has 1 aliphatic carbocycles. The van der Waals surface area contributed by atoms with Gasteiger partial charge in [-0.2, -0.15) is 13.2 Å². The molecular formula is C21H17F4NO2. The van der Waals surface area contributed by atoms with E-state index in [0.717, 1.165) is 31.0 Å². The van der Waals surface area contributed by atoms with Gasteiger partial charge in [-0.05, 0) is 61.1 Å². The van der Waals surface area contributed by atoms with Crippen molar-refractivity contribution in [2.75, 3.05) is 0 Å². The van der Waals surface area contributed by atoms with Crippen LogP contribution < -0.4 is 5.32 Å². The van der Waals surface area contributed by atoms with E-state index in [2.05, 4.69) is 5.32 Å². The van der Waals surface area contributed by atoms with Crippen LogP contribution in [0.2, 0.25) is 0 Å². The number of hydrogen-bond acceptors (Lipinski definition) is 2. The van der Waals surface area contributed by atoms with Crippen molar-refractivity contribution in [1.29, 1.82) is 0 Å². The topological polar surface area (TPSA) is 46.2 Å². The zero-order valence-corrected chi connectivity index (χ0v) is 14.9. The van der Waals surface area contributed by atoms with Crippen LogP contribution in [0.3, 0.4) is 0 Å². The normalized spacial score (nSPS) is 25.1. The molecule has 1 saturated carbocycles. The minimum Gasteiger partial charge on any atom is -0.343 e. The average molecular weight is 391 g/mol. The minimum absolute atomic E-state index is 0.0516. The molecule has 2 fully saturated rings. The van der Waals surface area contributed by atoms with E-state index in [-0.39, 0.29) is 17.3 Å². The van der Waals surface area contributed by atoms with Crippen molar-refractivity contribution in [2.24, 2.45) is 5.92 Å². The maximum atomic E-state index is 14.5. The molecule has 1 saturated heterocycles. The van der Waals surface area contributed by atoms with Crippen LogP contribution in [0.15, 0.2) is 42.5 Å². The van der Waals surface area contributed by atoms with Gasteiger partial charge in [0.2, 0.25) is 5.91 Å². The number of Topliss-reactive ketones (excluding diaryl/α,β-unsaturated/α-hetero) is 1. The molecule has 0 bridgehead atoms. The fourth-order valence-electron chi connectivity index (χ4n) is 3.85. The number of benzene rings is 2. The maximum absolute atomic E-state index is 14.5. The summed E-state index contributed by atoms with van der Waals surface area (Å²) in [5.74, 6) is -2.77. The minimum atomic E-state index is -4.45. The second-order valence-corrected chi connectivity index (χ2v) is 7.57. The summed E-state index contributed by atoms with van der Waals surface area (Å²) in [6.45, 7) is 1.67. The Morgan fingerprint density at radius 2 is 1.61 bits per heavy atom. The molecule has 7 heteroatoms. The number of amides is 1. The lowest BCUT2D eigenvalue weighted by molar-refractivity contribution is -0.137. The third-order valence-corrected chi connectivity index (χ3v) is 5.67. The first-order valence-corrected chi connectivity index (χ1v) is 8.94. The van der Waals surface area contributed by atoms with Crippen molar-refractivity contribution in [2.45, 2.75) is 37.4 Å². The van der Waals surface area contributed by atoms with E-state index >= 15 is 0 Å². The number of carbonyl (C=O) groups is 2. The van der Waals surface area contributed by atoms with Crippen LogP contribution in [0.4, 0.5) is 17.6 Å². The fourth-order valence-corrected chi connectivity index (χ4v) is 3.85. The van der Waals surface area contributed by atoms with Crippen LogP contribution in [0.25, 0.3) is 11.1 Å². The maximum Gasteiger partial charge on any atom is 0.416 e. The molecule has 0 aromatic heterocycles. The first kappa shape index (κ1) is 18.7. The second kappa shape index (κ2) is 6.15. The van der Waals surface area contributed by atoms with E-state index in [1.807, 2.05) is 0 Å². The Morgan fingerprint density at radius 1 is 1.00 bits per heavy atom. The van der Waals surface area contributed by atoms with Gasteiger partial charge in [0.05, 0.1) is 11.1 Å². The highest BCUT2D eigenvalue weighted by atomic mass is 19.4. The lowest BCUT2D eigenvalue weighted by Crippen LogP contribution is -2.45. The molecule has 2 aliphatic rings. The van der Waals surface area contributed by atoms with Crippen molar-refractivity contribution in [3.63, 3.8) is 0 Å². The number of hydrogen-bond donors (Lipinski definition) is 1. The molecule has 1 N–H and O–H groups in total. The van der Waals surface area contributed by atoms with E-state index in [1.54, 1.807) is 6.92 Å². The molecule has 2 atom stereocenters. The number of rotatable bonds is 3. The molecule has 1 heterocycles. The molecule has 0 radical (unpaired) electrons. The van der Waals surface area contributed by atoms with E-state index in [9.17, 15) is 27.2 Å². The van der Waals surface area contributed by atoms with Gasteiger partial charge in [-0.25, -0.2) is 4.39 Å². The summed E-state index contributed by atoms with van der Waals surface area (Å²) in [6, 6.07) is 8.37. The number of carbonyl (C=O) groups excluding carboxylic acids is 2. The number of halogens is 4. The van der Waals surface area contributed by atoms with Gasteiger partial charge in [-0.3, -0.25) is 9.59 Å². The first-order chi connectivity index (χ1) is 13.1. The standard InChI is InChI=1S/C21H17F4NO2/c1-20(13-7-8-13)18(27)17(19(28)26-20)15-10-12(4-9-16(15)22)11-2-5-14(6-3-11)21(23,24)25/h2-6,9-10,13,17H,7-8H2,1H3,(H,26,28). The molecule has 2 aromatic rings. The molecular weight excluding hydrogens is 374 g/mol. The summed E-state index contributed by atoms with van der Waals surface area (Å²) in [7, 11) is 0. The Balaban J connectivity index is 1.70. The summed E-state index contributed by atoms with van der Waals surface area (Å²) in [5, 5.41) is 2.72. The van der Waals surface area contributed by atoms with Crippen molar-refractivity contribution >= 4 is 11.7 Å². The lowest BCUT2D eigenvalue weighted by atomic mass is 9.84. The molecule has 2 aromatic carbocycles.